The van der Waals surface area contributed by atoms with E-state index in [1.807, 2.05) is 36.4 Å². The van der Waals surface area contributed by atoms with Gasteiger partial charge in [0.2, 0.25) is 5.91 Å². The molecular weight excluding hydrogens is 369 g/mol. The average Bonchev–Trinajstić information content (AvgIpc) is 2.73. The second-order valence-corrected chi connectivity index (χ2v) is 6.63. The van der Waals surface area contributed by atoms with Crippen molar-refractivity contribution in [1.82, 2.24) is 9.55 Å². The monoisotopic (exact) mass is 387 g/mol. The van der Waals surface area contributed by atoms with Gasteiger partial charge in [0.25, 0.3) is 5.56 Å². The Morgan fingerprint density at radius 3 is 2.41 bits per heavy atom. The van der Waals surface area contributed by atoms with Crippen LogP contribution in [0.5, 0.6) is 0 Å². The highest BCUT2D eigenvalue weighted by Crippen LogP contribution is 2.14. The number of halogens is 1. The van der Waals surface area contributed by atoms with Crippen molar-refractivity contribution in [2.45, 2.75) is 13.0 Å². The van der Waals surface area contributed by atoms with E-state index in [1.54, 1.807) is 30.3 Å². The molecule has 3 aromatic carbocycles. The van der Waals surface area contributed by atoms with Crippen LogP contribution in [0.1, 0.15) is 11.4 Å². The average molecular weight is 387 g/mol. The standard InChI is InChI=1S/C23H18FN3O2/c24-18-11-5-7-13-20(18)26-22(28)15-27-21(14-16-8-2-1-3-9-16)25-19-12-6-4-10-17(19)23(27)29/h1-13H,14-15H2,(H,26,28). The first-order chi connectivity index (χ1) is 14.1. The van der Waals surface area contributed by atoms with Gasteiger partial charge in [0.15, 0.2) is 0 Å². The molecule has 0 saturated heterocycles. The third-order valence-electron chi connectivity index (χ3n) is 4.60. The third kappa shape index (κ3) is 4.06. The van der Waals surface area contributed by atoms with E-state index in [2.05, 4.69) is 10.3 Å². The molecule has 5 nitrogen and oxygen atoms in total. The number of para-hydroxylation sites is 2. The molecule has 1 heterocycles. The van der Waals surface area contributed by atoms with Crippen LogP contribution in [-0.2, 0) is 17.8 Å². The zero-order valence-corrected chi connectivity index (χ0v) is 15.5. The van der Waals surface area contributed by atoms with Gasteiger partial charge in [0, 0.05) is 6.42 Å². The number of anilines is 1. The number of amides is 1. The van der Waals surface area contributed by atoms with Crippen molar-refractivity contribution in [2.75, 3.05) is 5.32 Å². The Kier molecular flexibility index (Phi) is 5.16. The first-order valence-electron chi connectivity index (χ1n) is 9.18. The normalized spacial score (nSPS) is 10.8. The summed E-state index contributed by atoms with van der Waals surface area (Å²) >= 11 is 0. The number of nitrogens with zero attached hydrogens (tertiary/aromatic N) is 2. The molecule has 1 aromatic heterocycles. The fraction of sp³-hybridized carbons (Fsp3) is 0.0870. The second kappa shape index (κ2) is 8.06. The molecule has 0 fully saturated rings. The predicted octanol–water partition coefficient (Wildman–Crippen LogP) is 3.77. The summed E-state index contributed by atoms with van der Waals surface area (Å²) in [6.07, 6.45) is 0.397. The van der Waals surface area contributed by atoms with Crippen molar-refractivity contribution in [3.8, 4) is 0 Å². The number of rotatable bonds is 5. The summed E-state index contributed by atoms with van der Waals surface area (Å²) in [5.74, 6) is -0.554. The van der Waals surface area contributed by atoms with Crippen LogP contribution in [0.4, 0.5) is 10.1 Å². The van der Waals surface area contributed by atoms with E-state index in [-0.39, 0.29) is 17.8 Å². The van der Waals surface area contributed by atoms with Gasteiger partial charge in [-0.1, -0.05) is 54.6 Å². The molecule has 29 heavy (non-hydrogen) atoms. The van der Waals surface area contributed by atoms with Crippen LogP contribution in [0.25, 0.3) is 10.9 Å². The van der Waals surface area contributed by atoms with Crippen LogP contribution < -0.4 is 10.9 Å². The third-order valence-corrected chi connectivity index (χ3v) is 4.60. The Bertz CT molecular complexity index is 1240. The molecule has 0 saturated carbocycles. The van der Waals surface area contributed by atoms with Gasteiger partial charge in [0.1, 0.15) is 18.2 Å². The summed E-state index contributed by atoms with van der Waals surface area (Å²) in [6.45, 7) is -0.257. The van der Waals surface area contributed by atoms with E-state index in [0.29, 0.717) is 23.1 Å². The van der Waals surface area contributed by atoms with E-state index in [0.717, 1.165) is 5.56 Å². The summed E-state index contributed by atoms with van der Waals surface area (Å²) in [5.41, 5.74) is 1.32. The molecule has 1 amide bonds. The lowest BCUT2D eigenvalue weighted by atomic mass is 10.1. The molecule has 6 heteroatoms. The topological polar surface area (TPSA) is 64.0 Å². The molecule has 0 spiro atoms. The Balaban J connectivity index is 1.72. The summed E-state index contributed by atoms with van der Waals surface area (Å²) in [7, 11) is 0. The zero-order chi connectivity index (χ0) is 20.2. The second-order valence-electron chi connectivity index (χ2n) is 6.63. The summed E-state index contributed by atoms with van der Waals surface area (Å²) in [6, 6.07) is 22.5. The van der Waals surface area contributed by atoms with E-state index >= 15 is 0 Å². The first kappa shape index (κ1) is 18.6. The molecule has 0 bridgehead atoms. The largest absolute Gasteiger partial charge is 0.322 e. The summed E-state index contributed by atoms with van der Waals surface area (Å²) in [4.78, 5) is 30.2. The maximum atomic E-state index is 13.8. The van der Waals surface area contributed by atoms with Gasteiger partial charge >= 0.3 is 0 Å². The number of nitrogens with one attached hydrogen (secondary N) is 1. The minimum atomic E-state index is -0.533. The predicted molar refractivity (Wildman–Crippen MR) is 110 cm³/mol. The molecule has 1 N–H and O–H groups in total. The number of carbonyl (C=O) groups is 1. The van der Waals surface area contributed by atoms with Crippen molar-refractivity contribution in [1.29, 1.82) is 0 Å². The van der Waals surface area contributed by atoms with E-state index in [9.17, 15) is 14.0 Å². The molecule has 0 atom stereocenters. The molecule has 0 unspecified atom stereocenters. The first-order valence-corrected chi connectivity index (χ1v) is 9.18. The maximum absolute atomic E-state index is 13.8. The number of hydrogen-bond acceptors (Lipinski definition) is 3. The fourth-order valence-corrected chi connectivity index (χ4v) is 3.19. The Morgan fingerprint density at radius 2 is 1.62 bits per heavy atom. The fourth-order valence-electron chi connectivity index (χ4n) is 3.19. The van der Waals surface area contributed by atoms with Crippen molar-refractivity contribution in [2.24, 2.45) is 0 Å². The Labute approximate surface area is 166 Å². The quantitative estimate of drug-likeness (QED) is 0.567. The van der Waals surface area contributed by atoms with Crippen molar-refractivity contribution in [3.05, 3.63) is 106 Å². The Morgan fingerprint density at radius 1 is 0.931 bits per heavy atom. The number of benzene rings is 3. The lowest BCUT2D eigenvalue weighted by Crippen LogP contribution is -2.31. The highest BCUT2D eigenvalue weighted by Gasteiger charge is 2.15. The molecule has 0 aliphatic carbocycles. The molecule has 0 aliphatic heterocycles. The van der Waals surface area contributed by atoms with Gasteiger partial charge in [-0.2, -0.15) is 0 Å². The van der Waals surface area contributed by atoms with Gasteiger partial charge in [-0.15, -0.1) is 0 Å². The summed E-state index contributed by atoms with van der Waals surface area (Å²) < 4.78 is 15.2. The van der Waals surface area contributed by atoms with Gasteiger partial charge in [-0.25, -0.2) is 9.37 Å². The Hall–Kier alpha value is -3.80. The molecule has 144 valence electrons. The maximum Gasteiger partial charge on any atom is 0.261 e. The number of fused-ring (bicyclic) bond motifs is 1. The van der Waals surface area contributed by atoms with E-state index in [4.69, 9.17) is 0 Å². The minimum absolute atomic E-state index is 0.0731. The SMILES string of the molecule is O=C(Cn1c(Cc2ccccc2)nc2ccccc2c1=O)Nc1ccccc1F. The zero-order valence-electron chi connectivity index (χ0n) is 15.5. The van der Waals surface area contributed by atoms with Gasteiger partial charge < -0.3 is 5.32 Å². The number of carbonyl (C=O) groups excluding carboxylic acids is 1. The number of hydrogen-bond donors (Lipinski definition) is 1. The van der Waals surface area contributed by atoms with E-state index in [1.165, 1.54) is 16.7 Å². The lowest BCUT2D eigenvalue weighted by Gasteiger charge is -2.14. The summed E-state index contributed by atoms with van der Waals surface area (Å²) in [5, 5.41) is 2.96. The van der Waals surface area contributed by atoms with Crippen LogP contribution >= 0.6 is 0 Å². The smallest absolute Gasteiger partial charge is 0.261 e. The van der Waals surface area contributed by atoms with Crippen LogP contribution in [0.15, 0.2) is 83.7 Å². The van der Waals surface area contributed by atoms with Gasteiger partial charge in [-0.3, -0.25) is 14.2 Å². The molecule has 0 aliphatic rings. The van der Waals surface area contributed by atoms with E-state index < -0.39 is 11.7 Å². The van der Waals surface area contributed by atoms with Crippen molar-refractivity contribution in [3.63, 3.8) is 0 Å². The molecule has 4 aromatic rings. The molecule has 4 rings (SSSR count). The van der Waals surface area contributed by atoms with Crippen LogP contribution in [-0.4, -0.2) is 15.5 Å². The number of aromatic nitrogens is 2. The van der Waals surface area contributed by atoms with Gasteiger partial charge in [0.05, 0.1) is 16.6 Å². The van der Waals surface area contributed by atoms with Crippen molar-refractivity contribution >= 4 is 22.5 Å². The molecule has 0 radical (unpaired) electrons. The van der Waals surface area contributed by atoms with Crippen LogP contribution in [0.2, 0.25) is 0 Å². The highest BCUT2D eigenvalue weighted by atomic mass is 19.1. The van der Waals surface area contributed by atoms with Crippen LogP contribution in [0, 0.1) is 5.82 Å². The minimum Gasteiger partial charge on any atom is -0.322 e. The van der Waals surface area contributed by atoms with Crippen LogP contribution in [0.3, 0.4) is 0 Å². The molecular formula is C23H18FN3O2. The van der Waals surface area contributed by atoms with Gasteiger partial charge in [-0.05, 0) is 29.8 Å². The lowest BCUT2D eigenvalue weighted by molar-refractivity contribution is -0.116. The highest BCUT2D eigenvalue weighted by molar-refractivity contribution is 5.91. The van der Waals surface area contributed by atoms with Crippen molar-refractivity contribution < 1.29 is 9.18 Å².